The Bertz CT molecular complexity index is 487. The summed E-state index contributed by atoms with van der Waals surface area (Å²) in [5.41, 5.74) is 0. The van der Waals surface area contributed by atoms with E-state index in [1.807, 2.05) is 19.9 Å². The second-order valence-corrected chi connectivity index (χ2v) is 7.53. The number of hydrogen-bond acceptors (Lipinski definition) is 4. The van der Waals surface area contributed by atoms with E-state index in [0.29, 0.717) is 10.8 Å². The normalized spacial score (nSPS) is 21.6. The summed E-state index contributed by atoms with van der Waals surface area (Å²) >= 11 is 1.39. The molecule has 104 valence electrons. The first kappa shape index (κ1) is 15.9. The minimum Gasteiger partial charge on any atom is -0.314 e. The van der Waals surface area contributed by atoms with E-state index in [0.717, 1.165) is 24.4 Å². The molecule has 18 heavy (non-hydrogen) atoms. The van der Waals surface area contributed by atoms with Crippen LogP contribution in [0, 0.1) is 0 Å². The summed E-state index contributed by atoms with van der Waals surface area (Å²) in [7, 11) is -3.29. The van der Waals surface area contributed by atoms with Gasteiger partial charge in [-0.15, -0.1) is 23.7 Å². The summed E-state index contributed by atoms with van der Waals surface area (Å²) in [6.07, 6.45) is 0.886. The Morgan fingerprint density at radius 2 is 2.22 bits per heavy atom. The predicted molar refractivity (Wildman–Crippen MR) is 77.2 cm³/mol. The molecule has 2 heterocycles. The van der Waals surface area contributed by atoms with Gasteiger partial charge in [-0.1, -0.05) is 6.92 Å². The zero-order valence-corrected chi connectivity index (χ0v) is 13.0. The van der Waals surface area contributed by atoms with Crippen molar-refractivity contribution in [3.63, 3.8) is 0 Å². The third-order valence-electron chi connectivity index (χ3n) is 2.99. The second-order valence-electron chi connectivity index (χ2n) is 4.24. The van der Waals surface area contributed by atoms with Crippen LogP contribution in [0.3, 0.4) is 0 Å². The van der Waals surface area contributed by atoms with Crippen LogP contribution in [0.4, 0.5) is 0 Å². The summed E-state index contributed by atoms with van der Waals surface area (Å²) in [5, 5.41) is 3.20. The molecule has 7 heteroatoms. The zero-order valence-electron chi connectivity index (χ0n) is 10.5. The lowest BCUT2D eigenvalue weighted by Gasteiger charge is -2.32. The number of hydrogen-bond donors (Lipinski definition) is 1. The van der Waals surface area contributed by atoms with Gasteiger partial charge in [0.2, 0.25) is 0 Å². The fourth-order valence-electron chi connectivity index (χ4n) is 1.98. The Morgan fingerprint density at radius 3 is 2.78 bits per heavy atom. The first-order valence-electron chi connectivity index (χ1n) is 5.87. The van der Waals surface area contributed by atoms with Gasteiger partial charge in [0.25, 0.3) is 10.0 Å². The molecule has 0 spiro atoms. The van der Waals surface area contributed by atoms with Gasteiger partial charge in [-0.05, 0) is 25.5 Å². The van der Waals surface area contributed by atoms with Gasteiger partial charge in [-0.25, -0.2) is 8.42 Å². The highest BCUT2D eigenvalue weighted by molar-refractivity contribution is 7.91. The highest BCUT2D eigenvalue weighted by Gasteiger charge is 2.31. The topological polar surface area (TPSA) is 49.4 Å². The van der Waals surface area contributed by atoms with Crippen LogP contribution in [0.5, 0.6) is 0 Å². The molecular weight excluding hydrogens is 292 g/mol. The van der Waals surface area contributed by atoms with E-state index in [2.05, 4.69) is 5.32 Å². The molecule has 1 atom stereocenters. The number of thiophene rings is 1. The van der Waals surface area contributed by atoms with Crippen LogP contribution in [-0.2, 0) is 16.4 Å². The molecular formula is C11H19ClN2O2S2. The molecule has 1 fully saturated rings. The number of nitrogens with one attached hydrogen (secondary N) is 1. The minimum atomic E-state index is -3.29. The Kier molecular flexibility index (Phi) is 5.61. The molecule has 0 bridgehead atoms. The molecule has 0 amide bonds. The fraction of sp³-hybridized carbons (Fsp3) is 0.636. The number of nitrogens with zero attached hydrogens (tertiary/aromatic N) is 1. The lowest BCUT2D eigenvalue weighted by molar-refractivity contribution is 0.284. The van der Waals surface area contributed by atoms with Crippen LogP contribution in [0.1, 0.15) is 18.7 Å². The number of aryl methyl sites for hydroxylation is 1. The van der Waals surface area contributed by atoms with Gasteiger partial charge < -0.3 is 5.32 Å². The lowest BCUT2D eigenvalue weighted by Crippen LogP contribution is -2.51. The molecule has 1 N–H and O–H groups in total. The van der Waals surface area contributed by atoms with Gasteiger partial charge in [0.05, 0.1) is 0 Å². The largest absolute Gasteiger partial charge is 0.314 e. The van der Waals surface area contributed by atoms with Gasteiger partial charge >= 0.3 is 0 Å². The van der Waals surface area contributed by atoms with E-state index in [4.69, 9.17) is 0 Å². The van der Waals surface area contributed by atoms with Gasteiger partial charge in [0.15, 0.2) is 0 Å². The van der Waals surface area contributed by atoms with Crippen LogP contribution in [0.25, 0.3) is 0 Å². The smallest absolute Gasteiger partial charge is 0.252 e. The van der Waals surface area contributed by atoms with E-state index in [1.54, 1.807) is 10.4 Å². The van der Waals surface area contributed by atoms with Gasteiger partial charge in [0, 0.05) is 30.6 Å². The molecule has 1 aliphatic rings. The Labute approximate surface area is 119 Å². The van der Waals surface area contributed by atoms with Crippen molar-refractivity contribution in [1.82, 2.24) is 9.62 Å². The Balaban J connectivity index is 0.00000162. The van der Waals surface area contributed by atoms with E-state index >= 15 is 0 Å². The van der Waals surface area contributed by atoms with Crippen molar-refractivity contribution in [2.45, 2.75) is 30.5 Å². The van der Waals surface area contributed by atoms with Crippen molar-refractivity contribution < 1.29 is 8.42 Å². The molecule has 1 aromatic heterocycles. The van der Waals surface area contributed by atoms with Gasteiger partial charge in [-0.3, -0.25) is 0 Å². The van der Waals surface area contributed by atoms with E-state index in [9.17, 15) is 8.42 Å². The first-order chi connectivity index (χ1) is 8.05. The highest BCUT2D eigenvalue weighted by atomic mass is 35.5. The molecule has 0 saturated carbocycles. The van der Waals surface area contributed by atoms with E-state index < -0.39 is 10.0 Å². The molecule has 0 radical (unpaired) electrons. The third kappa shape index (κ3) is 3.05. The molecule has 0 unspecified atom stereocenters. The maximum absolute atomic E-state index is 12.4. The van der Waals surface area contributed by atoms with Crippen molar-refractivity contribution in [3.05, 3.63) is 17.0 Å². The standard InChI is InChI=1S/C11H18N2O2S2.ClH/c1-3-10-4-5-11(16-10)17(14,15)13-7-6-12-8-9(13)2;/h4-5,9,12H,3,6-8H2,1-2H3;1H/t9-;/m1./s1. The number of piperazine rings is 1. The van der Waals surface area contributed by atoms with E-state index in [-0.39, 0.29) is 18.4 Å². The average Bonchev–Trinajstić information content (AvgIpc) is 2.78. The van der Waals surface area contributed by atoms with Gasteiger partial charge in [-0.2, -0.15) is 4.31 Å². The second kappa shape index (κ2) is 6.34. The van der Waals surface area contributed by atoms with Crippen molar-refractivity contribution in [3.8, 4) is 0 Å². The van der Waals surface area contributed by atoms with Crippen LogP contribution in [0.2, 0.25) is 0 Å². The van der Waals surface area contributed by atoms with Crippen molar-refractivity contribution in [2.24, 2.45) is 0 Å². The van der Waals surface area contributed by atoms with Crippen molar-refractivity contribution >= 4 is 33.8 Å². The summed E-state index contributed by atoms with van der Waals surface area (Å²) in [4.78, 5) is 1.12. The van der Waals surface area contributed by atoms with Crippen LogP contribution in [0.15, 0.2) is 16.3 Å². The fourth-order valence-corrected chi connectivity index (χ4v) is 5.04. The van der Waals surface area contributed by atoms with Crippen LogP contribution in [-0.4, -0.2) is 38.4 Å². The number of halogens is 1. The minimum absolute atomic E-state index is 0. The third-order valence-corrected chi connectivity index (χ3v) is 6.70. The summed E-state index contributed by atoms with van der Waals surface area (Å²) in [6, 6.07) is 3.67. The molecule has 2 rings (SSSR count). The summed E-state index contributed by atoms with van der Waals surface area (Å²) < 4.78 is 27.0. The zero-order chi connectivity index (χ0) is 12.5. The van der Waals surface area contributed by atoms with Gasteiger partial charge in [0.1, 0.15) is 4.21 Å². The maximum Gasteiger partial charge on any atom is 0.252 e. The van der Waals surface area contributed by atoms with E-state index in [1.165, 1.54) is 11.3 Å². The van der Waals surface area contributed by atoms with Crippen molar-refractivity contribution in [1.29, 1.82) is 0 Å². The summed E-state index contributed by atoms with van der Waals surface area (Å²) in [6.45, 7) is 6.00. The molecule has 4 nitrogen and oxygen atoms in total. The molecule has 1 aromatic rings. The average molecular weight is 311 g/mol. The SMILES string of the molecule is CCc1ccc(S(=O)(=O)N2CCNC[C@H]2C)s1.Cl. The van der Waals surface area contributed by atoms with Crippen LogP contribution < -0.4 is 5.32 Å². The number of rotatable bonds is 3. The molecule has 1 aliphatic heterocycles. The molecule has 0 aliphatic carbocycles. The lowest BCUT2D eigenvalue weighted by atomic mass is 10.3. The van der Waals surface area contributed by atoms with Crippen molar-refractivity contribution in [2.75, 3.05) is 19.6 Å². The predicted octanol–water partition coefficient (Wildman–Crippen LogP) is 1.71. The Morgan fingerprint density at radius 1 is 1.50 bits per heavy atom. The molecule has 1 saturated heterocycles. The maximum atomic E-state index is 12.4. The quantitative estimate of drug-likeness (QED) is 0.925. The molecule has 0 aromatic carbocycles. The number of sulfonamides is 1. The highest BCUT2D eigenvalue weighted by Crippen LogP contribution is 2.26. The monoisotopic (exact) mass is 310 g/mol. The summed E-state index contributed by atoms with van der Waals surface area (Å²) in [5.74, 6) is 0. The van der Waals surface area contributed by atoms with Crippen LogP contribution >= 0.6 is 23.7 Å². The Hall–Kier alpha value is -0.140. The first-order valence-corrected chi connectivity index (χ1v) is 8.12.